The molecule has 1 N–H and O–H groups in total. The lowest BCUT2D eigenvalue weighted by atomic mass is 10.2. The molecule has 0 aliphatic carbocycles. The normalized spacial score (nSPS) is 14.9. The Hall–Kier alpha value is -3.42. The molecular weight excluding hydrogens is 352 g/mol. The SMILES string of the molecule is C[C@H](NC(=O)COC(=O)c1cccc(N2C(=O)CCC2=O)c1)c1ccco1. The number of imide groups is 1. The first-order valence-electron chi connectivity index (χ1n) is 8.41. The van der Waals surface area contributed by atoms with Crippen LogP contribution in [0.15, 0.2) is 47.1 Å². The molecule has 2 heterocycles. The number of anilines is 1. The Morgan fingerprint density at radius 2 is 1.93 bits per heavy atom. The van der Waals surface area contributed by atoms with Crippen LogP contribution in [-0.2, 0) is 19.1 Å². The molecule has 1 aromatic carbocycles. The number of rotatable bonds is 6. The fraction of sp³-hybridized carbons (Fsp3) is 0.263. The van der Waals surface area contributed by atoms with Crippen LogP contribution in [-0.4, -0.2) is 30.3 Å². The van der Waals surface area contributed by atoms with Crippen LogP contribution in [0.1, 0.15) is 41.9 Å². The number of furan rings is 1. The minimum atomic E-state index is -0.725. The van der Waals surface area contributed by atoms with Gasteiger partial charge in [-0.3, -0.25) is 19.3 Å². The summed E-state index contributed by atoms with van der Waals surface area (Å²) in [7, 11) is 0. The predicted molar refractivity (Wildman–Crippen MR) is 93.7 cm³/mol. The number of hydrogen-bond acceptors (Lipinski definition) is 6. The Bertz CT molecular complexity index is 858. The van der Waals surface area contributed by atoms with E-state index in [4.69, 9.17) is 9.15 Å². The molecule has 0 spiro atoms. The molecule has 1 aliphatic rings. The predicted octanol–water partition coefficient (Wildman–Crippen LogP) is 1.97. The summed E-state index contributed by atoms with van der Waals surface area (Å²) >= 11 is 0. The third-order valence-electron chi connectivity index (χ3n) is 4.07. The highest BCUT2D eigenvalue weighted by Gasteiger charge is 2.30. The molecule has 1 aromatic heterocycles. The van der Waals surface area contributed by atoms with E-state index in [1.165, 1.54) is 18.4 Å². The number of carbonyl (C=O) groups excluding carboxylic acids is 4. The summed E-state index contributed by atoms with van der Waals surface area (Å²) in [5.74, 6) is -1.24. The van der Waals surface area contributed by atoms with E-state index in [1.54, 1.807) is 31.2 Å². The number of ether oxygens (including phenoxy) is 1. The van der Waals surface area contributed by atoms with Gasteiger partial charge in [0, 0.05) is 12.8 Å². The number of esters is 1. The molecule has 0 unspecified atom stereocenters. The molecule has 0 bridgehead atoms. The van der Waals surface area contributed by atoms with Gasteiger partial charge in [0.1, 0.15) is 5.76 Å². The van der Waals surface area contributed by atoms with Crippen LogP contribution in [0.2, 0.25) is 0 Å². The summed E-state index contributed by atoms with van der Waals surface area (Å²) in [6.07, 6.45) is 1.81. The standard InChI is InChI=1S/C19H18N2O6/c1-12(15-6-3-9-26-15)20-16(22)11-27-19(25)13-4-2-5-14(10-13)21-17(23)7-8-18(21)24/h2-6,9-10,12H,7-8,11H2,1H3,(H,20,22)/t12-/m0/s1. The number of hydrogen-bond donors (Lipinski definition) is 1. The quantitative estimate of drug-likeness (QED) is 0.615. The summed E-state index contributed by atoms with van der Waals surface area (Å²) < 4.78 is 10.2. The van der Waals surface area contributed by atoms with Crippen molar-refractivity contribution in [2.24, 2.45) is 0 Å². The van der Waals surface area contributed by atoms with Crippen molar-refractivity contribution in [3.05, 3.63) is 54.0 Å². The van der Waals surface area contributed by atoms with Crippen molar-refractivity contribution in [3.63, 3.8) is 0 Å². The summed E-state index contributed by atoms with van der Waals surface area (Å²) in [6, 6.07) is 9.07. The fourth-order valence-electron chi connectivity index (χ4n) is 2.74. The minimum absolute atomic E-state index is 0.145. The summed E-state index contributed by atoms with van der Waals surface area (Å²) in [5, 5.41) is 2.65. The van der Waals surface area contributed by atoms with Crippen LogP contribution in [0.25, 0.3) is 0 Å². The summed E-state index contributed by atoms with van der Waals surface area (Å²) in [5.41, 5.74) is 0.458. The van der Waals surface area contributed by atoms with Crippen molar-refractivity contribution in [1.82, 2.24) is 5.32 Å². The van der Waals surface area contributed by atoms with E-state index in [0.717, 1.165) is 4.90 Å². The minimum Gasteiger partial charge on any atom is -0.467 e. The number of amides is 3. The van der Waals surface area contributed by atoms with Crippen LogP contribution in [0.5, 0.6) is 0 Å². The second-order valence-corrected chi connectivity index (χ2v) is 6.05. The Kier molecular flexibility index (Phi) is 5.35. The molecule has 0 saturated carbocycles. The average molecular weight is 370 g/mol. The molecule has 140 valence electrons. The van der Waals surface area contributed by atoms with Gasteiger partial charge in [0.15, 0.2) is 6.61 Å². The molecule has 8 heteroatoms. The van der Waals surface area contributed by atoms with E-state index in [-0.39, 0.29) is 36.3 Å². The van der Waals surface area contributed by atoms with Gasteiger partial charge in [0.05, 0.1) is 23.6 Å². The average Bonchev–Trinajstić information content (AvgIpc) is 3.30. The Morgan fingerprint density at radius 3 is 2.59 bits per heavy atom. The van der Waals surface area contributed by atoms with Crippen molar-refractivity contribution < 1.29 is 28.3 Å². The van der Waals surface area contributed by atoms with Gasteiger partial charge in [-0.15, -0.1) is 0 Å². The first kappa shape index (κ1) is 18.4. The number of nitrogens with one attached hydrogen (secondary N) is 1. The van der Waals surface area contributed by atoms with Gasteiger partial charge in [0.25, 0.3) is 5.91 Å². The monoisotopic (exact) mass is 370 g/mol. The lowest BCUT2D eigenvalue weighted by Crippen LogP contribution is -2.31. The Labute approximate surface area is 155 Å². The smallest absolute Gasteiger partial charge is 0.338 e. The molecule has 1 aliphatic heterocycles. The maximum atomic E-state index is 12.2. The zero-order valence-corrected chi connectivity index (χ0v) is 14.6. The highest BCUT2D eigenvalue weighted by molar-refractivity contribution is 6.20. The molecule has 3 amide bonds. The third-order valence-corrected chi connectivity index (χ3v) is 4.07. The zero-order valence-electron chi connectivity index (χ0n) is 14.6. The number of benzene rings is 1. The van der Waals surface area contributed by atoms with E-state index < -0.39 is 18.5 Å². The van der Waals surface area contributed by atoms with E-state index in [2.05, 4.69) is 5.32 Å². The lowest BCUT2D eigenvalue weighted by molar-refractivity contribution is -0.125. The molecule has 1 saturated heterocycles. The molecule has 1 fully saturated rings. The lowest BCUT2D eigenvalue weighted by Gasteiger charge is -2.15. The number of carbonyl (C=O) groups is 4. The molecular formula is C19H18N2O6. The molecule has 27 heavy (non-hydrogen) atoms. The van der Waals surface area contributed by atoms with Crippen molar-refractivity contribution in [2.45, 2.75) is 25.8 Å². The van der Waals surface area contributed by atoms with Crippen LogP contribution in [0.4, 0.5) is 5.69 Å². The van der Waals surface area contributed by atoms with Gasteiger partial charge in [-0.05, 0) is 37.3 Å². The molecule has 8 nitrogen and oxygen atoms in total. The van der Waals surface area contributed by atoms with Gasteiger partial charge < -0.3 is 14.5 Å². The van der Waals surface area contributed by atoms with Crippen LogP contribution in [0, 0.1) is 0 Å². The second kappa shape index (κ2) is 7.86. The fourth-order valence-corrected chi connectivity index (χ4v) is 2.74. The van der Waals surface area contributed by atoms with Crippen molar-refractivity contribution >= 4 is 29.4 Å². The van der Waals surface area contributed by atoms with Crippen molar-refractivity contribution in [3.8, 4) is 0 Å². The molecule has 3 rings (SSSR count). The highest BCUT2D eigenvalue weighted by Crippen LogP contribution is 2.23. The highest BCUT2D eigenvalue weighted by atomic mass is 16.5. The van der Waals surface area contributed by atoms with Gasteiger partial charge >= 0.3 is 5.97 Å². The zero-order chi connectivity index (χ0) is 19.4. The Balaban J connectivity index is 1.58. The molecule has 1 atom stereocenters. The summed E-state index contributed by atoms with van der Waals surface area (Å²) in [6.45, 7) is 1.28. The van der Waals surface area contributed by atoms with Crippen LogP contribution >= 0.6 is 0 Å². The maximum Gasteiger partial charge on any atom is 0.338 e. The van der Waals surface area contributed by atoms with Crippen LogP contribution in [0.3, 0.4) is 0 Å². The largest absolute Gasteiger partial charge is 0.467 e. The van der Waals surface area contributed by atoms with Crippen molar-refractivity contribution in [1.29, 1.82) is 0 Å². The maximum absolute atomic E-state index is 12.2. The van der Waals surface area contributed by atoms with Crippen LogP contribution < -0.4 is 10.2 Å². The van der Waals surface area contributed by atoms with Gasteiger partial charge in [0.2, 0.25) is 11.8 Å². The number of nitrogens with zero attached hydrogens (tertiary/aromatic N) is 1. The molecule has 0 radical (unpaired) electrons. The summed E-state index contributed by atoms with van der Waals surface area (Å²) in [4.78, 5) is 48.8. The third kappa shape index (κ3) is 4.22. The second-order valence-electron chi connectivity index (χ2n) is 6.05. The molecule has 2 aromatic rings. The van der Waals surface area contributed by atoms with E-state index in [9.17, 15) is 19.2 Å². The first-order valence-corrected chi connectivity index (χ1v) is 8.41. The van der Waals surface area contributed by atoms with Crippen molar-refractivity contribution in [2.75, 3.05) is 11.5 Å². The van der Waals surface area contributed by atoms with Gasteiger partial charge in [-0.1, -0.05) is 6.07 Å². The Morgan fingerprint density at radius 1 is 1.19 bits per heavy atom. The first-order chi connectivity index (χ1) is 13.0. The van der Waals surface area contributed by atoms with Gasteiger partial charge in [-0.25, -0.2) is 4.79 Å². The topological polar surface area (TPSA) is 106 Å². The van der Waals surface area contributed by atoms with E-state index >= 15 is 0 Å². The van der Waals surface area contributed by atoms with E-state index in [1.807, 2.05) is 0 Å². The van der Waals surface area contributed by atoms with E-state index in [0.29, 0.717) is 11.4 Å². The van der Waals surface area contributed by atoms with Gasteiger partial charge in [-0.2, -0.15) is 0 Å².